The lowest BCUT2D eigenvalue weighted by Gasteiger charge is -2.30. The zero-order valence-electron chi connectivity index (χ0n) is 16.7. The summed E-state index contributed by atoms with van der Waals surface area (Å²) in [4.78, 5) is 18.7. The third kappa shape index (κ3) is 5.10. The molecule has 1 saturated heterocycles. The lowest BCUT2D eigenvalue weighted by Crippen LogP contribution is -2.40. The van der Waals surface area contributed by atoms with Gasteiger partial charge in [-0.1, -0.05) is 40.5 Å². The van der Waals surface area contributed by atoms with Crippen molar-refractivity contribution in [2.75, 3.05) is 18.4 Å². The Kier molecular flexibility index (Phi) is 6.18. The highest BCUT2D eigenvalue weighted by Gasteiger charge is 2.27. The normalized spacial score (nSPS) is 14.5. The second kappa shape index (κ2) is 9.17. The number of anilines is 1. The van der Waals surface area contributed by atoms with E-state index >= 15 is 0 Å². The molecule has 3 aromatic rings. The Morgan fingerprint density at radius 1 is 1.23 bits per heavy atom. The van der Waals surface area contributed by atoms with Crippen LogP contribution in [0.3, 0.4) is 0 Å². The molecule has 8 heteroatoms. The lowest BCUT2D eigenvalue weighted by molar-refractivity contribution is 0.193. The van der Waals surface area contributed by atoms with E-state index in [2.05, 4.69) is 15.5 Å². The Morgan fingerprint density at radius 2 is 2.00 bits per heavy atom. The van der Waals surface area contributed by atoms with Gasteiger partial charge >= 0.3 is 6.03 Å². The number of halogens is 1. The number of piperidine rings is 1. The Hall–Kier alpha value is -3.06. The first-order valence-electron chi connectivity index (χ1n) is 9.90. The van der Waals surface area contributed by atoms with Gasteiger partial charge in [-0.3, -0.25) is 0 Å². The van der Waals surface area contributed by atoms with Crippen LogP contribution in [0.1, 0.15) is 36.0 Å². The van der Waals surface area contributed by atoms with Crippen LogP contribution in [0.15, 0.2) is 53.1 Å². The minimum Gasteiger partial charge on any atom is -0.484 e. The van der Waals surface area contributed by atoms with Gasteiger partial charge in [0.25, 0.3) is 5.89 Å². The van der Waals surface area contributed by atoms with Crippen LogP contribution in [-0.2, 0) is 6.61 Å². The van der Waals surface area contributed by atoms with Gasteiger partial charge in [0, 0.05) is 29.7 Å². The molecule has 0 spiro atoms. The van der Waals surface area contributed by atoms with E-state index in [0.29, 0.717) is 35.5 Å². The summed E-state index contributed by atoms with van der Waals surface area (Å²) in [6, 6.07) is 14.8. The number of nitrogens with zero attached hydrogens (tertiary/aromatic N) is 3. The minimum absolute atomic E-state index is 0.129. The molecule has 7 nitrogen and oxygen atoms in total. The average molecular weight is 427 g/mol. The molecule has 1 fully saturated rings. The molecule has 1 N–H and O–H groups in total. The van der Waals surface area contributed by atoms with Crippen LogP contribution < -0.4 is 10.1 Å². The highest BCUT2D eigenvalue weighted by atomic mass is 35.5. The van der Waals surface area contributed by atoms with Crippen LogP contribution >= 0.6 is 11.6 Å². The van der Waals surface area contributed by atoms with Crippen molar-refractivity contribution in [1.82, 2.24) is 15.0 Å². The summed E-state index contributed by atoms with van der Waals surface area (Å²) in [5.41, 5.74) is 1.86. The van der Waals surface area contributed by atoms with Gasteiger partial charge in [0.2, 0.25) is 0 Å². The summed E-state index contributed by atoms with van der Waals surface area (Å²) in [7, 11) is 0. The van der Waals surface area contributed by atoms with Gasteiger partial charge in [0.15, 0.2) is 12.4 Å². The van der Waals surface area contributed by atoms with Crippen molar-refractivity contribution >= 4 is 23.3 Å². The van der Waals surface area contributed by atoms with Crippen LogP contribution in [0.25, 0.3) is 0 Å². The quantitative estimate of drug-likeness (QED) is 0.619. The summed E-state index contributed by atoms with van der Waals surface area (Å²) >= 11 is 5.97. The van der Waals surface area contributed by atoms with Crippen molar-refractivity contribution in [2.45, 2.75) is 32.3 Å². The fourth-order valence-corrected chi connectivity index (χ4v) is 3.57. The Bertz CT molecular complexity index is 998. The highest BCUT2D eigenvalue weighted by Crippen LogP contribution is 2.27. The largest absolute Gasteiger partial charge is 0.484 e. The van der Waals surface area contributed by atoms with Crippen molar-refractivity contribution in [1.29, 1.82) is 0 Å². The van der Waals surface area contributed by atoms with Crippen molar-refractivity contribution in [3.8, 4) is 5.75 Å². The smallest absolute Gasteiger partial charge is 0.321 e. The molecule has 2 aromatic carbocycles. The van der Waals surface area contributed by atoms with E-state index in [1.807, 2.05) is 37.3 Å². The van der Waals surface area contributed by atoms with E-state index in [1.165, 1.54) is 5.56 Å². The molecule has 30 heavy (non-hydrogen) atoms. The summed E-state index contributed by atoms with van der Waals surface area (Å²) in [6.45, 7) is 3.51. The predicted molar refractivity (Wildman–Crippen MR) is 114 cm³/mol. The molecule has 0 aliphatic carbocycles. The Balaban J connectivity index is 1.27. The van der Waals surface area contributed by atoms with E-state index in [0.717, 1.165) is 18.6 Å². The van der Waals surface area contributed by atoms with E-state index in [-0.39, 0.29) is 18.6 Å². The number of hydrogen-bond acceptors (Lipinski definition) is 5. The maximum Gasteiger partial charge on any atom is 0.321 e. The first-order chi connectivity index (χ1) is 14.6. The highest BCUT2D eigenvalue weighted by molar-refractivity contribution is 6.30. The standard InChI is InChI=1S/C22H23ClN4O3/c1-15-5-7-19(8-6-15)29-14-20-25-21(26-30-20)16-9-11-27(12-10-16)22(28)24-18-4-2-3-17(23)13-18/h2-8,13,16H,9-12,14H2,1H3,(H,24,28). The van der Waals surface area contributed by atoms with E-state index < -0.39 is 0 Å². The molecule has 1 aliphatic rings. The number of aromatic nitrogens is 2. The molecule has 0 atom stereocenters. The van der Waals surface area contributed by atoms with Gasteiger partial charge in [-0.25, -0.2) is 4.79 Å². The maximum absolute atomic E-state index is 12.5. The van der Waals surface area contributed by atoms with Crippen molar-refractivity contribution < 1.29 is 14.1 Å². The third-order valence-electron chi connectivity index (χ3n) is 5.09. The van der Waals surface area contributed by atoms with Crippen LogP contribution in [-0.4, -0.2) is 34.2 Å². The average Bonchev–Trinajstić information content (AvgIpc) is 3.22. The molecule has 0 saturated carbocycles. The number of ether oxygens (including phenoxy) is 1. The SMILES string of the molecule is Cc1ccc(OCc2nc(C3CCN(C(=O)Nc4cccc(Cl)c4)CC3)no2)cc1. The van der Waals surface area contributed by atoms with Crippen LogP contribution in [0.4, 0.5) is 10.5 Å². The first-order valence-corrected chi connectivity index (χ1v) is 10.3. The Morgan fingerprint density at radius 3 is 2.73 bits per heavy atom. The lowest BCUT2D eigenvalue weighted by atomic mass is 9.96. The van der Waals surface area contributed by atoms with Gasteiger partial charge in [-0.15, -0.1) is 0 Å². The molecular weight excluding hydrogens is 404 g/mol. The number of likely N-dealkylation sites (tertiary alicyclic amines) is 1. The maximum atomic E-state index is 12.5. The molecule has 0 bridgehead atoms. The summed E-state index contributed by atoms with van der Waals surface area (Å²) in [5.74, 6) is 2.05. The van der Waals surface area contributed by atoms with Gasteiger partial charge in [0.1, 0.15) is 5.75 Å². The van der Waals surface area contributed by atoms with Gasteiger partial charge in [-0.2, -0.15) is 4.98 Å². The topological polar surface area (TPSA) is 80.5 Å². The van der Waals surface area contributed by atoms with E-state index in [1.54, 1.807) is 23.1 Å². The monoisotopic (exact) mass is 426 g/mol. The van der Waals surface area contributed by atoms with Crippen LogP contribution in [0.2, 0.25) is 5.02 Å². The molecule has 1 aromatic heterocycles. The number of carbonyl (C=O) groups is 1. The van der Waals surface area contributed by atoms with Gasteiger partial charge in [0.05, 0.1) is 0 Å². The number of urea groups is 1. The van der Waals surface area contributed by atoms with Crippen molar-refractivity contribution in [3.63, 3.8) is 0 Å². The first kappa shape index (κ1) is 20.2. The Labute approximate surface area is 180 Å². The van der Waals surface area contributed by atoms with Gasteiger partial charge in [-0.05, 0) is 50.1 Å². The molecule has 2 amide bonds. The zero-order valence-corrected chi connectivity index (χ0v) is 17.4. The molecular formula is C22H23ClN4O3. The number of benzene rings is 2. The number of aryl methyl sites for hydroxylation is 1. The molecule has 0 radical (unpaired) electrons. The summed E-state index contributed by atoms with van der Waals surface area (Å²) < 4.78 is 11.0. The number of amides is 2. The van der Waals surface area contributed by atoms with E-state index in [9.17, 15) is 4.79 Å². The van der Waals surface area contributed by atoms with Crippen molar-refractivity contribution in [3.05, 3.63) is 70.8 Å². The number of carbonyl (C=O) groups excluding carboxylic acids is 1. The number of rotatable bonds is 5. The fourth-order valence-electron chi connectivity index (χ4n) is 3.38. The predicted octanol–water partition coefficient (Wildman–Crippen LogP) is 5.02. The summed E-state index contributed by atoms with van der Waals surface area (Å²) in [6.07, 6.45) is 1.56. The van der Waals surface area contributed by atoms with Crippen LogP contribution in [0, 0.1) is 6.92 Å². The second-order valence-electron chi connectivity index (χ2n) is 7.35. The molecule has 0 unspecified atom stereocenters. The molecule has 4 rings (SSSR count). The zero-order chi connectivity index (χ0) is 20.9. The summed E-state index contributed by atoms with van der Waals surface area (Å²) in [5, 5.41) is 7.59. The fraction of sp³-hybridized carbons (Fsp3) is 0.318. The van der Waals surface area contributed by atoms with E-state index in [4.69, 9.17) is 20.9 Å². The minimum atomic E-state index is -0.129. The number of hydrogen-bond donors (Lipinski definition) is 1. The van der Waals surface area contributed by atoms with Gasteiger partial charge < -0.3 is 19.5 Å². The molecule has 2 heterocycles. The van der Waals surface area contributed by atoms with Crippen LogP contribution in [0.5, 0.6) is 5.75 Å². The molecule has 156 valence electrons. The third-order valence-corrected chi connectivity index (χ3v) is 5.33. The second-order valence-corrected chi connectivity index (χ2v) is 7.79. The number of nitrogens with one attached hydrogen (secondary N) is 1. The molecule has 1 aliphatic heterocycles. The van der Waals surface area contributed by atoms with Crippen molar-refractivity contribution in [2.24, 2.45) is 0 Å².